The van der Waals surface area contributed by atoms with Gasteiger partial charge >= 0.3 is 10.2 Å². The number of hydrogen-bond donors (Lipinski definition) is 1. The van der Waals surface area contributed by atoms with Crippen molar-refractivity contribution in [3.63, 3.8) is 0 Å². The number of rotatable bonds is 8. The highest BCUT2D eigenvalue weighted by atomic mass is 32.5. The number of methoxy groups -OCH3 is 1. The third kappa shape index (κ3) is 7.16. The van der Waals surface area contributed by atoms with E-state index in [1.807, 2.05) is 6.19 Å². The lowest BCUT2D eigenvalue weighted by Crippen LogP contribution is -2.52. The predicted molar refractivity (Wildman–Crippen MR) is 145 cm³/mol. The average molecular weight is 649 g/mol. The van der Waals surface area contributed by atoms with E-state index in [9.17, 15) is 43.1 Å². The topological polar surface area (TPSA) is 103 Å². The van der Waals surface area contributed by atoms with Crippen LogP contribution in [0.15, 0.2) is 47.6 Å². The molecule has 1 unspecified atom stereocenters. The number of anilines is 1. The molecule has 17 heteroatoms. The molecule has 2 amide bonds. The van der Waals surface area contributed by atoms with Crippen molar-refractivity contribution >= 4 is 33.4 Å². The van der Waals surface area contributed by atoms with Crippen molar-refractivity contribution in [3.05, 3.63) is 59.7 Å². The van der Waals surface area contributed by atoms with Crippen LogP contribution in [0.1, 0.15) is 43.7 Å². The number of hydrogen-bond acceptors (Lipinski definition) is 6. The van der Waals surface area contributed by atoms with Crippen LogP contribution in [0, 0.1) is 18.0 Å². The van der Waals surface area contributed by atoms with Crippen molar-refractivity contribution in [2.45, 2.75) is 67.2 Å². The largest absolute Gasteiger partial charge is 0.379 e. The number of benzene rings is 1. The molecule has 238 valence electrons. The first-order valence-corrected chi connectivity index (χ1v) is 15.2. The van der Waals surface area contributed by atoms with Crippen LogP contribution in [0.25, 0.3) is 4.85 Å². The molecule has 2 aromatic rings. The van der Waals surface area contributed by atoms with E-state index in [1.165, 1.54) is 19.4 Å². The fraction of sp³-hybridized carbons (Fsp3) is 0.444. The molecule has 1 saturated heterocycles. The van der Waals surface area contributed by atoms with Gasteiger partial charge in [0, 0.05) is 56.1 Å². The lowest BCUT2D eigenvalue weighted by Gasteiger charge is -2.41. The van der Waals surface area contributed by atoms with Gasteiger partial charge in [-0.25, -0.2) is 13.6 Å². The highest BCUT2D eigenvalue weighted by Crippen LogP contribution is 3.02. The monoisotopic (exact) mass is 648 g/mol. The summed E-state index contributed by atoms with van der Waals surface area (Å²) in [5, 5.41) is 12.3. The molecule has 1 aromatic heterocycles. The zero-order chi connectivity index (χ0) is 32.6. The van der Waals surface area contributed by atoms with Crippen molar-refractivity contribution < 1.29 is 42.5 Å². The molecule has 0 radical (unpaired) electrons. The van der Waals surface area contributed by atoms with E-state index in [0.717, 1.165) is 16.0 Å². The van der Waals surface area contributed by atoms with Crippen molar-refractivity contribution in [2.24, 2.45) is 0 Å². The SMILES string of the molecule is [C-]#[N+]c1ccncc1C(C(=O)NC1CCC(F)(F)CC1)N(C(=O)[C@H]1C[C@@H](OC)CN1C#N)c1ccc(S(F)(F)(F)(F)F)cc1. The van der Waals surface area contributed by atoms with E-state index in [0.29, 0.717) is 12.1 Å². The Kier molecular flexibility index (Phi) is 8.29. The maximum Gasteiger partial charge on any atom is 0.310 e. The number of likely N-dealkylation sites (tertiary alicyclic amines) is 1. The first-order chi connectivity index (χ1) is 20.4. The summed E-state index contributed by atoms with van der Waals surface area (Å²) < 4.78 is 101. The van der Waals surface area contributed by atoms with Crippen LogP contribution < -0.4 is 10.2 Å². The lowest BCUT2D eigenvalue weighted by molar-refractivity contribution is -0.129. The van der Waals surface area contributed by atoms with Crippen LogP contribution in [0.2, 0.25) is 0 Å². The second kappa shape index (κ2) is 11.1. The molecule has 2 heterocycles. The maximum atomic E-state index is 14.2. The Morgan fingerprint density at radius 1 is 1.18 bits per heavy atom. The zero-order valence-electron chi connectivity index (χ0n) is 23.1. The lowest BCUT2D eigenvalue weighted by atomic mass is 9.91. The molecule has 3 atom stereocenters. The quantitative estimate of drug-likeness (QED) is 0.196. The molecule has 0 spiro atoms. The summed E-state index contributed by atoms with van der Waals surface area (Å²) in [5.74, 6) is -4.90. The number of nitrogens with zero attached hydrogens (tertiary/aromatic N) is 5. The van der Waals surface area contributed by atoms with Gasteiger partial charge in [-0.15, -0.1) is 0 Å². The number of nitrogens with one attached hydrogen (secondary N) is 1. The van der Waals surface area contributed by atoms with Crippen molar-refractivity contribution in [1.29, 1.82) is 5.26 Å². The molecule has 9 nitrogen and oxygen atoms in total. The molecule has 1 aromatic carbocycles. The van der Waals surface area contributed by atoms with Gasteiger partial charge < -0.3 is 10.1 Å². The molecule has 1 saturated carbocycles. The number of carbonyl (C=O) groups excluding carboxylic acids is 2. The van der Waals surface area contributed by atoms with Gasteiger partial charge in [0.1, 0.15) is 17.0 Å². The fourth-order valence-electron chi connectivity index (χ4n) is 5.31. The highest BCUT2D eigenvalue weighted by Gasteiger charge is 2.65. The van der Waals surface area contributed by atoms with Crippen molar-refractivity contribution in [1.82, 2.24) is 15.2 Å². The number of halogens is 7. The summed E-state index contributed by atoms with van der Waals surface area (Å²) in [6.45, 7) is 7.56. The van der Waals surface area contributed by atoms with Gasteiger partial charge in [-0.1, -0.05) is 19.4 Å². The number of nitriles is 1. The van der Waals surface area contributed by atoms with Crippen LogP contribution in [-0.4, -0.2) is 59.5 Å². The van der Waals surface area contributed by atoms with E-state index in [2.05, 4.69) is 15.1 Å². The molecule has 44 heavy (non-hydrogen) atoms. The third-order valence-electron chi connectivity index (χ3n) is 7.62. The Hall–Kier alpha value is -4.09. The first-order valence-electron chi connectivity index (χ1n) is 13.2. The smallest absolute Gasteiger partial charge is 0.310 e. The second-order valence-corrected chi connectivity index (χ2v) is 13.0. The number of aromatic nitrogens is 1. The summed E-state index contributed by atoms with van der Waals surface area (Å²) in [7, 11) is -8.79. The maximum absolute atomic E-state index is 14.2. The van der Waals surface area contributed by atoms with Crippen molar-refractivity contribution in [2.75, 3.05) is 18.6 Å². The molecule has 1 aliphatic heterocycles. The zero-order valence-corrected chi connectivity index (χ0v) is 23.9. The number of pyridine rings is 1. The van der Waals surface area contributed by atoms with E-state index >= 15 is 0 Å². The molecule has 4 rings (SSSR count). The fourth-order valence-corrected chi connectivity index (χ4v) is 5.97. The van der Waals surface area contributed by atoms with E-state index in [-0.39, 0.29) is 49.2 Å². The standard InChI is InChI=1S/C27H27F7N6O3S/c1-36-22-9-12-37-14-21(22)24(25(41)38-17-7-10-27(28,29)11-8-17)40(26(42)23-13-19(43-2)15-39(23)16-35)18-3-5-20(6-4-18)44(30,31,32,33)34/h3-6,9,12,14,17,19,23-24H,7-8,10-11,13,15H2,2H3,(H,38,41)/t19-,23-,24?/m1/s1. The normalized spacial score (nSPS) is 22.5. The molecule has 2 fully saturated rings. The summed E-state index contributed by atoms with van der Waals surface area (Å²) in [4.78, 5) is 35.0. The Balaban J connectivity index is 1.86. The van der Waals surface area contributed by atoms with E-state index in [4.69, 9.17) is 11.3 Å². The highest BCUT2D eigenvalue weighted by molar-refractivity contribution is 8.45. The van der Waals surface area contributed by atoms with Gasteiger partial charge in [0.05, 0.1) is 19.2 Å². The van der Waals surface area contributed by atoms with Crippen LogP contribution in [0.5, 0.6) is 0 Å². The van der Waals surface area contributed by atoms with Crippen molar-refractivity contribution in [3.8, 4) is 6.19 Å². The molecule has 2 aliphatic rings. The molecule has 1 aliphatic carbocycles. The van der Waals surface area contributed by atoms with Crippen LogP contribution in [0.3, 0.4) is 0 Å². The number of alkyl halides is 2. The van der Waals surface area contributed by atoms with Crippen LogP contribution in [0.4, 0.5) is 39.6 Å². The van der Waals surface area contributed by atoms with E-state index in [1.54, 1.807) is 0 Å². The van der Waals surface area contributed by atoms with Crippen LogP contribution >= 0.6 is 10.2 Å². The van der Waals surface area contributed by atoms with Crippen LogP contribution in [-0.2, 0) is 14.3 Å². The minimum atomic E-state index is -10.1. The number of amides is 2. The molecular weight excluding hydrogens is 621 g/mol. The average Bonchev–Trinajstić information content (AvgIpc) is 3.39. The number of ether oxygens (including phenoxy) is 1. The minimum absolute atomic E-state index is 0.0340. The summed E-state index contributed by atoms with van der Waals surface area (Å²) in [6.07, 6.45) is 2.16. The van der Waals surface area contributed by atoms with Gasteiger partial charge in [-0.2, -0.15) is 5.26 Å². The van der Waals surface area contributed by atoms with Gasteiger partial charge in [-0.05, 0) is 43.2 Å². The van der Waals surface area contributed by atoms with Gasteiger partial charge in [0.15, 0.2) is 11.9 Å². The molecule has 1 N–H and O–H groups in total. The Labute approximate surface area is 248 Å². The Morgan fingerprint density at radius 2 is 1.82 bits per heavy atom. The summed E-state index contributed by atoms with van der Waals surface area (Å²) in [6, 6.07) is -1.36. The second-order valence-electron chi connectivity index (χ2n) is 10.6. The van der Waals surface area contributed by atoms with Gasteiger partial charge in [0.2, 0.25) is 11.8 Å². The van der Waals surface area contributed by atoms with Gasteiger partial charge in [-0.3, -0.25) is 24.4 Å². The third-order valence-corrected chi connectivity index (χ3v) is 8.78. The van der Waals surface area contributed by atoms with Gasteiger partial charge in [0.25, 0.3) is 5.91 Å². The molecular formula is C27H27F7N6O3S. The summed E-state index contributed by atoms with van der Waals surface area (Å²) in [5.41, 5.74) is -0.777. The minimum Gasteiger partial charge on any atom is -0.379 e. The number of carbonyl (C=O) groups is 2. The van der Waals surface area contributed by atoms with E-state index < -0.39 is 75.6 Å². The Bertz CT molecular complexity index is 1500. The Morgan fingerprint density at radius 3 is 2.36 bits per heavy atom. The first kappa shape index (κ1) is 32.8. The predicted octanol–water partition coefficient (Wildman–Crippen LogP) is 6.63. The summed E-state index contributed by atoms with van der Waals surface area (Å²) >= 11 is 0. The molecule has 0 bridgehead atoms.